The number of ketones is 1. The van der Waals surface area contributed by atoms with Gasteiger partial charge in [0, 0.05) is 11.8 Å². The van der Waals surface area contributed by atoms with Crippen LogP contribution in [-0.2, 0) is 9.59 Å². The molecule has 0 N–H and O–H groups in total. The number of carbonyl (C=O) groups excluding carboxylic acids is 3. The molecular weight excluding hydrogens is 401 g/mol. The largest absolute Gasteiger partial charge is 0.497 e. The molecule has 7 nitrogen and oxygen atoms in total. The molecule has 156 valence electrons. The topological polar surface area (TPSA) is 79.3 Å². The fourth-order valence-corrected chi connectivity index (χ4v) is 4.63. The normalized spacial score (nSPS) is 26.3. The van der Waals surface area contributed by atoms with Crippen molar-refractivity contribution in [2.24, 2.45) is 16.9 Å². The van der Waals surface area contributed by atoms with Crippen LogP contribution in [0.3, 0.4) is 0 Å². The summed E-state index contributed by atoms with van der Waals surface area (Å²) in [6.07, 6.45) is 5.00. The van der Waals surface area contributed by atoms with Gasteiger partial charge in [0.05, 0.1) is 30.7 Å². The lowest BCUT2D eigenvalue weighted by atomic mass is 9.86. The first-order valence-electron chi connectivity index (χ1n) is 9.82. The minimum atomic E-state index is -0.945. The molecule has 0 spiro atoms. The minimum Gasteiger partial charge on any atom is -0.497 e. The second-order valence-electron chi connectivity index (χ2n) is 7.60. The molecule has 0 aromatic heterocycles. The second-order valence-corrected chi connectivity index (χ2v) is 7.60. The Balaban J connectivity index is 1.56. The van der Waals surface area contributed by atoms with Gasteiger partial charge in [-0.05, 0) is 48.5 Å². The summed E-state index contributed by atoms with van der Waals surface area (Å²) >= 11 is 0. The predicted molar refractivity (Wildman–Crippen MR) is 110 cm³/mol. The van der Waals surface area contributed by atoms with Gasteiger partial charge in [-0.3, -0.25) is 19.4 Å². The van der Waals surface area contributed by atoms with Crippen LogP contribution < -0.4 is 9.64 Å². The number of carbonyl (C=O) groups is 3. The molecule has 0 bridgehead atoms. The monoisotopic (exact) mass is 419 g/mol. The van der Waals surface area contributed by atoms with Crippen molar-refractivity contribution in [1.82, 2.24) is 5.01 Å². The van der Waals surface area contributed by atoms with Crippen LogP contribution in [0.25, 0.3) is 0 Å². The van der Waals surface area contributed by atoms with Gasteiger partial charge >= 0.3 is 0 Å². The lowest BCUT2D eigenvalue weighted by Gasteiger charge is -2.30. The Morgan fingerprint density at radius 1 is 1.06 bits per heavy atom. The summed E-state index contributed by atoms with van der Waals surface area (Å²) in [4.78, 5) is 41.2. The van der Waals surface area contributed by atoms with Gasteiger partial charge < -0.3 is 4.74 Å². The molecule has 5 rings (SSSR count). The van der Waals surface area contributed by atoms with Crippen molar-refractivity contribution in [2.75, 3.05) is 12.0 Å². The number of methoxy groups -OCH3 is 1. The molecule has 0 saturated carbocycles. The van der Waals surface area contributed by atoms with Crippen LogP contribution in [0.1, 0.15) is 10.4 Å². The van der Waals surface area contributed by atoms with Crippen LogP contribution in [-0.4, -0.2) is 48.0 Å². The third-order valence-corrected chi connectivity index (χ3v) is 6.00. The lowest BCUT2D eigenvalue weighted by molar-refractivity contribution is -0.123. The molecule has 3 aliphatic rings. The van der Waals surface area contributed by atoms with Crippen molar-refractivity contribution in [3.05, 3.63) is 72.1 Å². The SMILES string of the molecule is COc1ccc(C(=O)C2C3C(=O)N(c4cccc(F)c4)C(=O)C3C3C=CC=NN32)cc1. The molecular formula is C23H18FN3O4. The average Bonchev–Trinajstić information content (AvgIpc) is 3.26. The number of imide groups is 1. The molecule has 2 fully saturated rings. The zero-order valence-corrected chi connectivity index (χ0v) is 16.5. The first kappa shape index (κ1) is 19.2. The summed E-state index contributed by atoms with van der Waals surface area (Å²) in [5.74, 6) is -2.94. The first-order valence-corrected chi connectivity index (χ1v) is 9.82. The van der Waals surface area contributed by atoms with Crippen LogP contribution in [0.2, 0.25) is 0 Å². The Kier molecular flexibility index (Phi) is 4.43. The molecule has 8 heteroatoms. The van der Waals surface area contributed by atoms with Gasteiger partial charge in [0.1, 0.15) is 17.6 Å². The van der Waals surface area contributed by atoms with Gasteiger partial charge in [-0.2, -0.15) is 5.10 Å². The van der Waals surface area contributed by atoms with E-state index in [1.54, 1.807) is 41.4 Å². The van der Waals surface area contributed by atoms with Crippen molar-refractivity contribution in [1.29, 1.82) is 0 Å². The number of fused-ring (bicyclic) bond motifs is 3. The van der Waals surface area contributed by atoms with Crippen molar-refractivity contribution >= 4 is 29.5 Å². The van der Waals surface area contributed by atoms with Gasteiger partial charge in [-0.1, -0.05) is 12.1 Å². The molecule has 2 saturated heterocycles. The number of Topliss-reactive ketones (excluding diaryl/α,β-unsaturated/α-hetero) is 1. The van der Waals surface area contributed by atoms with Crippen LogP contribution in [0.4, 0.5) is 10.1 Å². The summed E-state index contributed by atoms with van der Waals surface area (Å²) in [6, 6.07) is 10.4. The van der Waals surface area contributed by atoms with E-state index >= 15 is 0 Å². The van der Waals surface area contributed by atoms with Crippen molar-refractivity contribution < 1.29 is 23.5 Å². The van der Waals surface area contributed by atoms with Gasteiger partial charge in [0.15, 0.2) is 5.78 Å². The van der Waals surface area contributed by atoms with E-state index in [1.165, 1.54) is 31.5 Å². The molecule has 4 unspecified atom stereocenters. The van der Waals surface area contributed by atoms with E-state index in [0.717, 1.165) is 11.0 Å². The lowest BCUT2D eigenvalue weighted by Crippen LogP contribution is -2.46. The Labute approximate surface area is 177 Å². The average molecular weight is 419 g/mol. The number of hydrazone groups is 1. The Morgan fingerprint density at radius 3 is 2.52 bits per heavy atom. The smallest absolute Gasteiger partial charge is 0.240 e. The number of hydrogen-bond acceptors (Lipinski definition) is 6. The molecule has 3 heterocycles. The first-order chi connectivity index (χ1) is 15.0. The summed E-state index contributed by atoms with van der Waals surface area (Å²) in [6.45, 7) is 0. The summed E-state index contributed by atoms with van der Waals surface area (Å²) < 4.78 is 18.9. The minimum absolute atomic E-state index is 0.162. The number of ether oxygens (including phenoxy) is 1. The number of allylic oxidation sites excluding steroid dienone is 1. The molecule has 2 aromatic carbocycles. The maximum atomic E-state index is 13.8. The zero-order valence-electron chi connectivity index (χ0n) is 16.5. The maximum Gasteiger partial charge on any atom is 0.240 e. The summed E-state index contributed by atoms with van der Waals surface area (Å²) in [5, 5.41) is 5.85. The standard InChI is InChI=1S/C23H18FN3O4/c1-31-16-9-7-13(8-10-16)21(28)20-19-18(17-6-3-11-25-27(17)20)22(29)26(23(19)30)15-5-2-4-14(24)12-15/h2-12,17-20H,1H3. The number of anilines is 1. The Hall–Kier alpha value is -3.81. The van der Waals surface area contributed by atoms with E-state index in [4.69, 9.17) is 4.74 Å². The van der Waals surface area contributed by atoms with Crippen LogP contribution in [0.15, 0.2) is 65.8 Å². The highest BCUT2D eigenvalue weighted by molar-refractivity contribution is 6.24. The van der Waals surface area contributed by atoms with E-state index in [-0.39, 0.29) is 11.5 Å². The molecule has 3 aliphatic heterocycles. The van der Waals surface area contributed by atoms with E-state index in [1.807, 2.05) is 0 Å². The van der Waals surface area contributed by atoms with Gasteiger partial charge in [-0.15, -0.1) is 0 Å². The van der Waals surface area contributed by atoms with E-state index in [9.17, 15) is 18.8 Å². The van der Waals surface area contributed by atoms with Gasteiger partial charge in [0.2, 0.25) is 11.8 Å². The van der Waals surface area contributed by atoms with E-state index in [2.05, 4.69) is 5.10 Å². The number of amides is 2. The number of hydrogen-bond donors (Lipinski definition) is 0. The molecule has 4 atom stereocenters. The van der Waals surface area contributed by atoms with Crippen LogP contribution >= 0.6 is 0 Å². The molecule has 2 aromatic rings. The molecule has 2 amide bonds. The van der Waals surface area contributed by atoms with Crippen LogP contribution in [0, 0.1) is 17.7 Å². The highest BCUT2D eigenvalue weighted by Crippen LogP contribution is 2.46. The van der Waals surface area contributed by atoms with Crippen LogP contribution in [0.5, 0.6) is 5.75 Å². The number of benzene rings is 2. The van der Waals surface area contributed by atoms with Gasteiger partial charge in [0.25, 0.3) is 0 Å². The third kappa shape index (κ3) is 2.86. The molecule has 0 aliphatic carbocycles. The van der Waals surface area contributed by atoms with E-state index in [0.29, 0.717) is 11.3 Å². The maximum absolute atomic E-state index is 13.8. The number of halogens is 1. The predicted octanol–water partition coefficient (Wildman–Crippen LogP) is 2.43. The van der Waals surface area contributed by atoms with Crippen molar-refractivity contribution in [2.45, 2.75) is 12.1 Å². The zero-order chi connectivity index (χ0) is 21.7. The van der Waals surface area contributed by atoms with Crippen molar-refractivity contribution in [3.63, 3.8) is 0 Å². The number of rotatable bonds is 4. The Bertz CT molecular complexity index is 1140. The Morgan fingerprint density at radius 2 is 1.81 bits per heavy atom. The molecule has 0 radical (unpaired) electrons. The fourth-order valence-electron chi connectivity index (χ4n) is 4.63. The second kappa shape index (κ2) is 7.16. The summed E-state index contributed by atoms with van der Waals surface area (Å²) in [7, 11) is 1.53. The number of nitrogens with zero attached hydrogens (tertiary/aromatic N) is 3. The van der Waals surface area contributed by atoms with E-state index < -0.39 is 41.6 Å². The fraction of sp³-hybridized carbons (Fsp3) is 0.217. The highest BCUT2D eigenvalue weighted by Gasteiger charge is 2.64. The molecule has 31 heavy (non-hydrogen) atoms. The highest BCUT2D eigenvalue weighted by atomic mass is 19.1. The quantitative estimate of drug-likeness (QED) is 0.562. The third-order valence-electron chi connectivity index (χ3n) is 6.00. The summed E-state index contributed by atoms with van der Waals surface area (Å²) in [5.41, 5.74) is 0.550. The van der Waals surface area contributed by atoms with Crippen molar-refractivity contribution in [3.8, 4) is 5.75 Å². The van der Waals surface area contributed by atoms with Gasteiger partial charge in [-0.25, -0.2) is 9.29 Å².